The molecule has 2 aliphatic heterocycles. The molecule has 2 heterocycles. The van der Waals surface area contributed by atoms with Crippen LogP contribution in [0.15, 0.2) is 24.3 Å². The number of hydrogen-bond acceptors (Lipinski definition) is 4. The lowest BCUT2D eigenvalue weighted by Crippen LogP contribution is -2.58. The van der Waals surface area contributed by atoms with Crippen LogP contribution in [0.4, 0.5) is 0 Å². The normalized spacial score (nSPS) is 26.8. The first kappa shape index (κ1) is 17.2. The highest BCUT2D eigenvalue weighted by atomic mass is 16.5. The van der Waals surface area contributed by atoms with Crippen molar-refractivity contribution in [1.82, 2.24) is 4.90 Å². The van der Waals surface area contributed by atoms with Crippen LogP contribution in [0, 0.1) is 12.3 Å². The maximum absolute atomic E-state index is 12.6. The molecule has 0 saturated carbocycles. The van der Waals surface area contributed by atoms with Crippen LogP contribution in [0.2, 0.25) is 0 Å². The van der Waals surface area contributed by atoms with E-state index in [1.165, 1.54) is 5.56 Å². The summed E-state index contributed by atoms with van der Waals surface area (Å²) in [7, 11) is 1.72. The number of carbonyl (C=O) groups is 1. The molecule has 1 amide bonds. The minimum atomic E-state index is -0.0647. The average Bonchev–Trinajstić information content (AvgIpc) is 2.60. The van der Waals surface area contributed by atoms with Gasteiger partial charge in [0.1, 0.15) is 5.75 Å². The number of methoxy groups -OCH3 is 1. The Labute approximate surface area is 143 Å². The van der Waals surface area contributed by atoms with Crippen LogP contribution in [-0.2, 0) is 14.3 Å². The predicted octanol–water partition coefficient (Wildman–Crippen LogP) is 2.42. The summed E-state index contributed by atoms with van der Waals surface area (Å²) in [5.41, 5.74) is 1.11. The van der Waals surface area contributed by atoms with Gasteiger partial charge in [-0.1, -0.05) is 17.7 Å². The van der Waals surface area contributed by atoms with E-state index in [1.807, 2.05) is 36.1 Å². The van der Waals surface area contributed by atoms with E-state index in [1.54, 1.807) is 7.11 Å². The zero-order valence-electron chi connectivity index (χ0n) is 14.6. The van der Waals surface area contributed by atoms with Crippen molar-refractivity contribution in [2.45, 2.75) is 32.3 Å². The molecule has 0 spiro atoms. The van der Waals surface area contributed by atoms with E-state index in [9.17, 15) is 4.79 Å². The SMILES string of the molecule is COCC12CCCOC1CCN(C(=O)COc1ccc(C)cc1)C2. The minimum Gasteiger partial charge on any atom is -0.484 e. The number of carbonyl (C=O) groups excluding carboxylic acids is 1. The van der Waals surface area contributed by atoms with Crippen LogP contribution < -0.4 is 4.74 Å². The lowest BCUT2D eigenvalue weighted by molar-refractivity contribution is -0.163. The minimum absolute atomic E-state index is 0.0371. The van der Waals surface area contributed by atoms with Crippen LogP contribution >= 0.6 is 0 Å². The number of rotatable bonds is 5. The van der Waals surface area contributed by atoms with Crippen molar-refractivity contribution in [2.24, 2.45) is 5.41 Å². The van der Waals surface area contributed by atoms with E-state index >= 15 is 0 Å². The van der Waals surface area contributed by atoms with Crippen molar-refractivity contribution in [3.05, 3.63) is 29.8 Å². The fourth-order valence-corrected chi connectivity index (χ4v) is 3.87. The molecular formula is C19H27NO4. The monoisotopic (exact) mass is 333 g/mol. The molecule has 0 aromatic heterocycles. The van der Waals surface area contributed by atoms with E-state index in [0.717, 1.165) is 38.2 Å². The first-order valence-corrected chi connectivity index (χ1v) is 8.71. The maximum atomic E-state index is 12.6. The summed E-state index contributed by atoms with van der Waals surface area (Å²) in [4.78, 5) is 14.5. The van der Waals surface area contributed by atoms with Crippen molar-refractivity contribution in [2.75, 3.05) is 40.0 Å². The van der Waals surface area contributed by atoms with Crippen molar-refractivity contribution in [3.63, 3.8) is 0 Å². The second-order valence-corrected chi connectivity index (χ2v) is 6.96. The van der Waals surface area contributed by atoms with Gasteiger partial charge in [-0.3, -0.25) is 4.79 Å². The van der Waals surface area contributed by atoms with E-state index in [4.69, 9.17) is 14.2 Å². The Balaban J connectivity index is 1.59. The molecule has 1 aromatic rings. The molecule has 2 saturated heterocycles. The fraction of sp³-hybridized carbons (Fsp3) is 0.632. The van der Waals surface area contributed by atoms with Gasteiger partial charge in [0.15, 0.2) is 6.61 Å². The highest BCUT2D eigenvalue weighted by Crippen LogP contribution is 2.40. The predicted molar refractivity (Wildman–Crippen MR) is 91.2 cm³/mol. The van der Waals surface area contributed by atoms with Gasteiger partial charge >= 0.3 is 0 Å². The van der Waals surface area contributed by atoms with Crippen molar-refractivity contribution < 1.29 is 19.0 Å². The number of fused-ring (bicyclic) bond motifs is 1. The van der Waals surface area contributed by atoms with Gasteiger partial charge in [0.25, 0.3) is 5.91 Å². The highest BCUT2D eigenvalue weighted by molar-refractivity contribution is 5.78. The summed E-state index contributed by atoms with van der Waals surface area (Å²) < 4.78 is 17.1. The Hall–Kier alpha value is -1.59. The van der Waals surface area contributed by atoms with Gasteiger partial charge in [0.2, 0.25) is 0 Å². The Bertz CT molecular complexity index is 555. The molecule has 2 fully saturated rings. The second-order valence-electron chi connectivity index (χ2n) is 6.96. The molecule has 2 aliphatic rings. The van der Waals surface area contributed by atoms with E-state index < -0.39 is 0 Å². The summed E-state index contributed by atoms with van der Waals surface area (Å²) >= 11 is 0. The van der Waals surface area contributed by atoms with E-state index in [-0.39, 0.29) is 24.0 Å². The number of benzene rings is 1. The number of likely N-dealkylation sites (tertiary alicyclic amines) is 1. The highest BCUT2D eigenvalue weighted by Gasteiger charge is 2.47. The summed E-state index contributed by atoms with van der Waals surface area (Å²) in [6.07, 6.45) is 3.16. The first-order valence-electron chi connectivity index (χ1n) is 8.71. The summed E-state index contributed by atoms with van der Waals surface area (Å²) in [5.74, 6) is 0.770. The summed E-state index contributed by atoms with van der Waals surface area (Å²) in [5, 5.41) is 0. The van der Waals surface area contributed by atoms with Crippen LogP contribution in [0.25, 0.3) is 0 Å². The Kier molecular flexibility index (Phi) is 5.41. The van der Waals surface area contributed by atoms with Crippen LogP contribution in [0.3, 0.4) is 0 Å². The number of aryl methyl sites for hydroxylation is 1. The largest absolute Gasteiger partial charge is 0.484 e. The number of ether oxygens (including phenoxy) is 3. The van der Waals surface area contributed by atoms with Crippen LogP contribution in [0.5, 0.6) is 5.75 Å². The zero-order chi connectivity index (χ0) is 17.0. The van der Waals surface area contributed by atoms with Crippen LogP contribution in [0.1, 0.15) is 24.8 Å². The zero-order valence-corrected chi connectivity index (χ0v) is 14.6. The average molecular weight is 333 g/mol. The molecule has 2 atom stereocenters. The van der Waals surface area contributed by atoms with Gasteiger partial charge in [-0.15, -0.1) is 0 Å². The topological polar surface area (TPSA) is 48.0 Å². The van der Waals surface area contributed by atoms with Crippen molar-refractivity contribution >= 4 is 5.91 Å². The standard InChI is InChI=1S/C19H27NO4/c1-15-4-6-16(7-5-15)24-12-18(21)20-10-8-17-19(13-20,14-22-2)9-3-11-23-17/h4-7,17H,3,8-14H2,1-2H3. The molecule has 2 unspecified atom stereocenters. The first-order chi connectivity index (χ1) is 11.6. The number of amides is 1. The van der Waals surface area contributed by atoms with E-state index in [0.29, 0.717) is 13.2 Å². The van der Waals surface area contributed by atoms with Gasteiger partial charge in [0.05, 0.1) is 12.7 Å². The molecule has 1 aromatic carbocycles. The molecule has 0 radical (unpaired) electrons. The van der Waals surface area contributed by atoms with Crippen molar-refractivity contribution in [3.8, 4) is 5.75 Å². The molecule has 24 heavy (non-hydrogen) atoms. The molecule has 0 bridgehead atoms. The Morgan fingerprint density at radius 1 is 1.38 bits per heavy atom. The second kappa shape index (κ2) is 7.53. The molecule has 3 rings (SSSR count). The fourth-order valence-electron chi connectivity index (χ4n) is 3.87. The summed E-state index contributed by atoms with van der Waals surface area (Å²) in [6.45, 7) is 4.99. The van der Waals surface area contributed by atoms with E-state index in [2.05, 4.69) is 0 Å². The molecule has 5 nitrogen and oxygen atoms in total. The van der Waals surface area contributed by atoms with Gasteiger partial charge < -0.3 is 19.1 Å². The Morgan fingerprint density at radius 3 is 2.92 bits per heavy atom. The third kappa shape index (κ3) is 3.73. The third-order valence-electron chi connectivity index (χ3n) is 5.16. The van der Waals surface area contributed by atoms with Crippen molar-refractivity contribution in [1.29, 1.82) is 0 Å². The lowest BCUT2D eigenvalue weighted by atomic mass is 9.73. The smallest absolute Gasteiger partial charge is 0.260 e. The number of piperidine rings is 1. The molecule has 5 heteroatoms. The van der Waals surface area contributed by atoms with Gasteiger partial charge in [0, 0.05) is 32.2 Å². The quantitative estimate of drug-likeness (QED) is 0.830. The molecule has 132 valence electrons. The molecule has 0 aliphatic carbocycles. The Morgan fingerprint density at radius 2 is 2.17 bits per heavy atom. The van der Waals surface area contributed by atoms with Gasteiger partial charge in [-0.05, 0) is 38.3 Å². The summed E-state index contributed by atoms with van der Waals surface area (Å²) in [6, 6.07) is 7.77. The molecular weight excluding hydrogens is 306 g/mol. The maximum Gasteiger partial charge on any atom is 0.260 e. The third-order valence-corrected chi connectivity index (χ3v) is 5.16. The number of nitrogens with zero attached hydrogens (tertiary/aromatic N) is 1. The van der Waals surface area contributed by atoms with Gasteiger partial charge in [-0.2, -0.15) is 0 Å². The number of hydrogen-bond donors (Lipinski definition) is 0. The molecule has 0 N–H and O–H groups in total. The van der Waals surface area contributed by atoms with Crippen LogP contribution in [-0.4, -0.2) is 56.9 Å². The lowest BCUT2D eigenvalue weighted by Gasteiger charge is -2.50. The van der Waals surface area contributed by atoms with Gasteiger partial charge in [-0.25, -0.2) is 0 Å².